The maximum Gasteiger partial charge on any atom is 0.328 e. The summed E-state index contributed by atoms with van der Waals surface area (Å²) >= 11 is 0. The molecule has 0 saturated heterocycles. The van der Waals surface area contributed by atoms with E-state index in [1.807, 2.05) is 13.1 Å². The number of hydrogen-bond acceptors (Lipinski definition) is 3. The summed E-state index contributed by atoms with van der Waals surface area (Å²) in [6.45, 7) is 3.65. The second kappa shape index (κ2) is 4.67. The minimum Gasteiger partial charge on any atom is -0.519 e. The zero-order chi connectivity index (χ0) is 8.85. The normalized spacial score (nSPS) is 10.5. The van der Waals surface area contributed by atoms with Crippen molar-refractivity contribution in [2.24, 2.45) is 0 Å². The molecule has 0 heterocycles. The minimum atomic E-state index is -1.39. The summed E-state index contributed by atoms with van der Waals surface area (Å²) in [5.41, 5.74) is 0. The molecule has 4 nitrogen and oxygen atoms in total. The standard InChI is InChI=1S/C6H10O4Si/c1-11(2)10-6(9)4-3-5(7)8/h3-4,11H,1-2H3,(H,7,8)/b4-3+. The Morgan fingerprint density at radius 3 is 2.27 bits per heavy atom. The van der Waals surface area contributed by atoms with E-state index in [1.54, 1.807) is 0 Å². The Morgan fingerprint density at radius 2 is 1.91 bits per heavy atom. The van der Waals surface area contributed by atoms with Crippen LogP contribution in [0, 0.1) is 0 Å². The molecule has 0 aromatic carbocycles. The number of hydrogen-bond donors (Lipinski definition) is 1. The number of carboxylic acids is 1. The summed E-state index contributed by atoms with van der Waals surface area (Å²) in [5, 5.41) is 8.11. The summed E-state index contributed by atoms with van der Waals surface area (Å²) in [5.74, 6) is -1.72. The summed E-state index contributed by atoms with van der Waals surface area (Å²) in [6.07, 6.45) is 1.68. The van der Waals surface area contributed by atoms with Crippen LogP contribution in [0.25, 0.3) is 0 Å². The molecule has 0 aromatic rings. The van der Waals surface area contributed by atoms with Crippen LogP contribution in [-0.4, -0.2) is 26.1 Å². The van der Waals surface area contributed by atoms with Gasteiger partial charge in [-0.15, -0.1) is 0 Å². The number of carbonyl (C=O) groups is 2. The Hall–Kier alpha value is -1.10. The predicted octanol–water partition coefficient (Wildman–Crippen LogP) is 0.154. The van der Waals surface area contributed by atoms with Crippen molar-refractivity contribution in [1.82, 2.24) is 0 Å². The summed E-state index contributed by atoms with van der Waals surface area (Å²) in [6, 6.07) is 0. The average Bonchev–Trinajstić information content (AvgIpc) is 1.82. The van der Waals surface area contributed by atoms with Gasteiger partial charge in [-0.05, 0) is 13.1 Å². The van der Waals surface area contributed by atoms with Gasteiger partial charge in [0.1, 0.15) is 0 Å². The van der Waals surface area contributed by atoms with Crippen molar-refractivity contribution in [3.8, 4) is 0 Å². The molecule has 1 N–H and O–H groups in total. The van der Waals surface area contributed by atoms with Gasteiger partial charge in [-0.2, -0.15) is 0 Å². The molecule has 0 atom stereocenters. The van der Waals surface area contributed by atoms with Crippen LogP contribution in [0.3, 0.4) is 0 Å². The van der Waals surface area contributed by atoms with Gasteiger partial charge in [0.05, 0.1) is 0 Å². The molecule has 0 aliphatic rings. The molecule has 62 valence electrons. The van der Waals surface area contributed by atoms with Crippen LogP contribution in [0.4, 0.5) is 0 Å². The van der Waals surface area contributed by atoms with Gasteiger partial charge in [0.2, 0.25) is 9.04 Å². The van der Waals surface area contributed by atoms with E-state index in [-0.39, 0.29) is 0 Å². The third kappa shape index (κ3) is 6.79. The van der Waals surface area contributed by atoms with Crippen LogP contribution in [0.2, 0.25) is 13.1 Å². The second-order valence-corrected chi connectivity index (χ2v) is 4.49. The Balaban J connectivity index is 3.78. The number of aliphatic carboxylic acids is 1. The Morgan fingerprint density at radius 1 is 1.36 bits per heavy atom. The fraction of sp³-hybridized carbons (Fsp3) is 0.333. The third-order valence-corrected chi connectivity index (χ3v) is 1.42. The van der Waals surface area contributed by atoms with Crippen LogP contribution in [0.5, 0.6) is 0 Å². The van der Waals surface area contributed by atoms with Crippen molar-refractivity contribution in [3.05, 3.63) is 12.2 Å². The summed E-state index contributed by atoms with van der Waals surface area (Å²) in [7, 11) is -1.39. The highest BCUT2D eigenvalue weighted by Gasteiger charge is 2.01. The largest absolute Gasteiger partial charge is 0.519 e. The first-order valence-corrected chi connectivity index (χ1v) is 5.92. The highest BCUT2D eigenvalue weighted by molar-refractivity contribution is 6.50. The first kappa shape index (κ1) is 9.90. The number of carboxylic acid groups (broad SMARTS) is 1. The molecule has 0 radical (unpaired) electrons. The predicted molar refractivity (Wildman–Crippen MR) is 41.7 cm³/mol. The number of carbonyl (C=O) groups excluding carboxylic acids is 1. The lowest BCUT2D eigenvalue weighted by molar-refractivity contribution is -0.133. The van der Waals surface area contributed by atoms with Gasteiger partial charge in [0.15, 0.2) is 0 Å². The van der Waals surface area contributed by atoms with E-state index in [9.17, 15) is 9.59 Å². The fourth-order valence-corrected chi connectivity index (χ4v) is 0.954. The maximum absolute atomic E-state index is 10.6. The molecular weight excluding hydrogens is 164 g/mol. The molecule has 0 rings (SSSR count). The van der Waals surface area contributed by atoms with Crippen molar-refractivity contribution in [3.63, 3.8) is 0 Å². The number of rotatable bonds is 3. The van der Waals surface area contributed by atoms with E-state index in [2.05, 4.69) is 0 Å². The van der Waals surface area contributed by atoms with Crippen LogP contribution < -0.4 is 0 Å². The van der Waals surface area contributed by atoms with E-state index in [4.69, 9.17) is 9.53 Å². The van der Waals surface area contributed by atoms with Crippen LogP contribution >= 0.6 is 0 Å². The van der Waals surface area contributed by atoms with Crippen molar-refractivity contribution in [2.45, 2.75) is 13.1 Å². The van der Waals surface area contributed by atoms with Crippen molar-refractivity contribution in [2.75, 3.05) is 0 Å². The molecule has 0 saturated carbocycles. The van der Waals surface area contributed by atoms with Crippen LogP contribution in [0.1, 0.15) is 0 Å². The molecule has 0 fully saturated rings. The highest BCUT2D eigenvalue weighted by atomic mass is 28.3. The Bertz CT molecular complexity index is 185. The van der Waals surface area contributed by atoms with Gasteiger partial charge in [-0.25, -0.2) is 9.59 Å². The zero-order valence-electron chi connectivity index (χ0n) is 6.40. The first-order valence-electron chi connectivity index (χ1n) is 3.14. The van der Waals surface area contributed by atoms with E-state index in [0.29, 0.717) is 0 Å². The molecule has 5 heteroatoms. The van der Waals surface area contributed by atoms with Crippen molar-refractivity contribution >= 4 is 21.0 Å². The van der Waals surface area contributed by atoms with Crippen molar-refractivity contribution < 1.29 is 19.1 Å². The van der Waals surface area contributed by atoms with E-state index in [0.717, 1.165) is 12.2 Å². The Kier molecular flexibility index (Phi) is 4.20. The molecular formula is C6H10O4Si. The van der Waals surface area contributed by atoms with Crippen LogP contribution in [0.15, 0.2) is 12.2 Å². The van der Waals surface area contributed by atoms with E-state index >= 15 is 0 Å². The van der Waals surface area contributed by atoms with Gasteiger partial charge in [0.25, 0.3) is 0 Å². The van der Waals surface area contributed by atoms with Gasteiger partial charge < -0.3 is 9.53 Å². The molecule has 0 aromatic heterocycles. The van der Waals surface area contributed by atoms with Gasteiger partial charge in [-0.3, -0.25) is 0 Å². The molecule has 0 bridgehead atoms. The quantitative estimate of drug-likeness (QED) is 0.489. The van der Waals surface area contributed by atoms with E-state index < -0.39 is 21.0 Å². The fourth-order valence-electron chi connectivity index (χ4n) is 0.411. The first-order chi connectivity index (χ1) is 5.02. The summed E-state index contributed by atoms with van der Waals surface area (Å²) in [4.78, 5) is 20.5. The topological polar surface area (TPSA) is 63.6 Å². The van der Waals surface area contributed by atoms with Crippen molar-refractivity contribution in [1.29, 1.82) is 0 Å². The SMILES string of the molecule is C[SiH](C)OC(=O)/C=C/C(=O)O. The van der Waals surface area contributed by atoms with E-state index in [1.165, 1.54) is 0 Å². The monoisotopic (exact) mass is 174 g/mol. The zero-order valence-corrected chi connectivity index (χ0v) is 7.56. The molecule has 0 spiro atoms. The molecule has 0 amide bonds. The smallest absolute Gasteiger partial charge is 0.328 e. The molecule has 11 heavy (non-hydrogen) atoms. The lowest BCUT2D eigenvalue weighted by Gasteiger charge is -2.01. The lowest BCUT2D eigenvalue weighted by Crippen LogP contribution is -2.12. The van der Waals surface area contributed by atoms with Gasteiger partial charge in [-0.1, -0.05) is 0 Å². The molecule has 0 aliphatic heterocycles. The second-order valence-electron chi connectivity index (χ2n) is 2.16. The minimum absolute atomic E-state index is 0.575. The third-order valence-electron chi connectivity index (χ3n) is 0.714. The maximum atomic E-state index is 10.6. The van der Waals surface area contributed by atoms with Crippen LogP contribution in [-0.2, 0) is 14.0 Å². The average molecular weight is 174 g/mol. The Labute approximate surface area is 66.2 Å². The summed E-state index contributed by atoms with van der Waals surface area (Å²) < 4.78 is 4.75. The molecule has 0 unspecified atom stereocenters. The molecule has 0 aliphatic carbocycles. The highest BCUT2D eigenvalue weighted by Crippen LogP contribution is 1.86. The van der Waals surface area contributed by atoms with Gasteiger partial charge in [0, 0.05) is 12.2 Å². The lowest BCUT2D eigenvalue weighted by atomic mass is 10.5. The van der Waals surface area contributed by atoms with Gasteiger partial charge >= 0.3 is 11.9 Å².